The minimum atomic E-state index is 0.468. The van der Waals surface area contributed by atoms with Gasteiger partial charge in [-0.25, -0.2) is 5.01 Å². The molecule has 4 heteroatoms. The second kappa shape index (κ2) is 9.73. The zero-order valence-electron chi connectivity index (χ0n) is 12.3. The molecule has 1 rings (SSSR count). The van der Waals surface area contributed by atoms with E-state index in [2.05, 4.69) is 29.3 Å². The van der Waals surface area contributed by atoms with Gasteiger partial charge in [-0.05, 0) is 13.5 Å². The average molecular weight is 256 g/mol. The van der Waals surface area contributed by atoms with E-state index >= 15 is 0 Å². The smallest absolute Gasteiger partial charge is 0.0337 e. The fraction of sp³-hybridized carbons (Fsp3) is 1.00. The van der Waals surface area contributed by atoms with Crippen LogP contribution < -0.4 is 11.2 Å². The van der Waals surface area contributed by atoms with Crippen LogP contribution in [0.4, 0.5) is 0 Å². The molecule has 0 aromatic carbocycles. The predicted molar refractivity (Wildman–Crippen MR) is 78.4 cm³/mol. The molecular weight excluding hydrogens is 224 g/mol. The molecule has 1 atom stereocenters. The highest BCUT2D eigenvalue weighted by atomic mass is 15.5. The van der Waals surface area contributed by atoms with Gasteiger partial charge in [0.25, 0.3) is 0 Å². The third-order valence-corrected chi connectivity index (χ3v) is 3.81. The molecule has 1 aliphatic rings. The Morgan fingerprint density at radius 2 is 1.72 bits per heavy atom. The molecule has 1 aliphatic heterocycles. The topological polar surface area (TPSA) is 44.5 Å². The van der Waals surface area contributed by atoms with Crippen LogP contribution in [0.1, 0.15) is 45.4 Å². The normalized spacial score (nSPS) is 20.2. The Labute approximate surface area is 113 Å². The van der Waals surface area contributed by atoms with Gasteiger partial charge in [-0.2, -0.15) is 0 Å². The van der Waals surface area contributed by atoms with E-state index in [-0.39, 0.29) is 0 Å². The Bertz CT molecular complexity index is 190. The predicted octanol–water partition coefficient (Wildman–Crippen LogP) is 1.43. The van der Waals surface area contributed by atoms with Crippen molar-refractivity contribution in [2.45, 2.75) is 51.5 Å². The monoisotopic (exact) mass is 256 g/mol. The van der Waals surface area contributed by atoms with E-state index in [1.54, 1.807) is 0 Å². The summed E-state index contributed by atoms with van der Waals surface area (Å²) in [5, 5.41) is 2.35. The first kappa shape index (κ1) is 15.9. The van der Waals surface area contributed by atoms with Gasteiger partial charge in [-0.15, -0.1) is 0 Å². The van der Waals surface area contributed by atoms with Crippen LogP contribution in [0, 0.1) is 0 Å². The van der Waals surface area contributed by atoms with Gasteiger partial charge in [0, 0.05) is 38.8 Å². The minimum absolute atomic E-state index is 0.468. The van der Waals surface area contributed by atoms with Crippen LogP contribution in [-0.2, 0) is 0 Å². The van der Waals surface area contributed by atoms with Crippen LogP contribution in [0.3, 0.4) is 0 Å². The zero-order valence-corrected chi connectivity index (χ0v) is 12.3. The summed E-state index contributed by atoms with van der Waals surface area (Å²) in [4.78, 5) is 2.38. The fourth-order valence-corrected chi connectivity index (χ4v) is 2.42. The highest BCUT2D eigenvalue weighted by Crippen LogP contribution is 2.07. The van der Waals surface area contributed by atoms with Gasteiger partial charge in [0.1, 0.15) is 0 Å². The Morgan fingerprint density at radius 3 is 2.33 bits per heavy atom. The van der Waals surface area contributed by atoms with Gasteiger partial charge >= 0.3 is 0 Å². The molecule has 0 bridgehead atoms. The summed E-state index contributed by atoms with van der Waals surface area (Å²) < 4.78 is 0. The lowest BCUT2D eigenvalue weighted by atomic mass is 10.1. The second-order valence-electron chi connectivity index (χ2n) is 5.55. The molecule has 108 valence electrons. The van der Waals surface area contributed by atoms with E-state index < -0.39 is 0 Å². The quantitative estimate of drug-likeness (QED) is 0.613. The van der Waals surface area contributed by atoms with E-state index in [1.807, 2.05) is 0 Å². The molecule has 1 heterocycles. The van der Waals surface area contributed by atoms with Crippen molar-refractivity contribution >= 4 is 0 Å². The molecule has 0 saturated carbocycles. The number of nitrogens with two attached hydrogens (primary N) is 1. The van der Waals surface area contributed by atoms with E-state index in [0.29, 0.717) is 6.04 Å². The number of nitrogens with one attached hydrogen (secondary N) is 1. The summed E-state index contributed by atoms with van der Waals surface area (Å²) in [5.41, 5.74) is 9.46. The van der Waals surface area contributed by atoms with E-state index in [9.17, 15) is 0 Å². The number of hydrazine groups is 1. The number of unbranched alkanes of at least 4 members (excludes halogenated alkanes) is 4. The lowest BCUT2D eigenvalue weighted by molar-refractivity contribution is 0.0857. The summed E-state index contributed by atoms with van der Waals surface area (Å²) in [6, 6.07) is 0.468. The lowest BCUT2D eigenvalue weighted by Crippen LogP contribution is -2.55. The third-order valence-electron chi connectivity index (χ3n) is 3.81. The van der Waals surface area contributed by atoms with Crippen molar-refractivity contribution in [1.29, 1.82) is 0 Å². The molecule has 1 fully saturated rings. The highest BCUT2D eigenvalue weighted by Gasteiger charge is 2.16. The molecule has 18 heavy (non-hydrogen) atoms. The van der Waals surface area contributed by atoms with Crippen molar-refractivity contribution in [1.82, 2.24) is 15.3 Å². The summed E-state index contributed by atoms with van der Waals surface area (Å²) in [6.45, 7) is 7.55. The average Bonchev–Trinajstić information content (AvgIpc) is 2.39. The Balaban J connectivity index is 2.09. The number of piperazine rings is 1. The van der Waals surface area contributed by atoms with Crippen LogP contribution in [0.2, 0.25) is 0 Å². The molecule has 1 unspecified atom stereocenters. The van der Waals surface area contributed by atoms with Gasteiger partial charge in [0.15, 0.2) is 0 Å². The van der Waals surface area contributed by atoms with Gasteiger partial charge in [0.2, 0.25) is 0 Å². The maximum absolute atomic E-state index is 5.86. The molecule has 0 radical (unpaired) electrons. The molecule has 0 spiro atoms. The molecule has 3 N–H and O–H groups in total. The molecule has 0 aliphatic carbocycles. The Hall–Kier alpha value is -0.160. The minimum Gasteiger partial charge on any atom is -0.329 e. The third kappa shape index (κ3) is 6.69. The van der Waals surface area contributed by atoms with Crippen LogP contribution in [0.5, 0.6) is 0 Å². The van der Waals surface area contributed by atoms with Crippen LogP contribution >= 0.6 is 0 Å². The molecule has 1 saturated heterocycles. The Morgan fingerprint density at radius 1 is 1.06 bits per heavy atom. The maximum atomic E-state index is 5.86. The summed E-state index contributed by atoms with van der Waals surface area (Å²) in [5.74, 6) is 0. The van der Waals surface area contributed by atoms with Gasteiger partial charge in [-0.3, -0.25) is 5.43 Å². The van der Waals surface area contributed by atoms with Crippen molar-refractivity contribution in [3.63, 3.8) is 0 Å². The zero-order chi connectivity index (χ0) is 13.2. The number of nitrogens with zero attached hydrogens (tertiary/aromatic N) is 2. The number of rotatable bonds is 9. The van der Waals surface area contributed by atoms with Crippen molar-refractivity contribution in [2.75, 3.05) is 39.8 Å². The number of hydrogen-bond acceptors (Lipinski definition) is 4. The summed E-state index contributed by atoms with van der Waals surface area (Å²) in [7, 11) is 2.19. The van der Waals surface area contributed by atoms with Gasteiger partial charge in [-0.1, -0.05) is 39.0 Å². The Kier molecular flexibility index (Phi) is 8.59. The van der Waals surface area contributed by atoms with Crippen LogP contribution in [0.25, 0.3) is 0 Å². The van der Waals surface area contributed by atoms with Crippen molar-refractivity contribution in [3.05, 3.63) is 0 Å². The second-order valence-corrected chi connectivity index (χ2v) is 5.55. The lowest BCUT2D eigenvalue weighted by Gasteiger charge is -2.35. The molecule has 0 aromatic heterocycles. The summed E-state index contributed by atoms with van der Waals surface area (Å²) >= 11 is 0. The summed E-state index contributed by atoms with van der Waals surface area (Å²) in [6.07, 6.45) is 7.95. The SMILES string of the molecule is CCCCCCCC(CN)NN1CCN(C)CC1. The van der Waals surface area contributed by atoms with Crippen molar-refractivity contribution in [2.24, 2.45) is 5.73 Å². The molecule has 0 amide bonds. The molecular formula is C14H32N4. The fourth-order valence-electron chi connectivity index (χ4n) is 2.42. The first-order valence-electron chi connectivity index (χ1n) is 7.66. The number of likely N-dealkylation sites (N-methyl/N-ethyl adjacent to an activating group) is 1. The first-order valence-corrected chi connectivity index (χ1v) is 7.66. The molecule has 4 nitrogen and oxygen atoms in total. The van der Waals surface area contributed by atoms with Crippen LogP contribution in [0.15, 0.2) is 0 Å². The van der Waals surface area contributed by atoms with E-state index in [1.165, 1.54) is 38.5 Å². The van der Waals surface area contributed by atoms with E-state index in [4.69, 9.17) is 5.73 Å². The number of hydrogen-bond donors (Lipinski definition) is 2. The highest BCUT2D eigenvalue weighted by molar-refractivity contribution is 4.71. The first-order chi connectivity index (χ1) is 8.76. The van der Waals surface area contributed by atoms with E-state index in [0.717, 1.165) is 32.7 Å². The standard InChI is InChI=1S/C14H32N4/c1-3-4-5-6-7-8-14(13-15)16-18-11-9-17(2)10-12-18/h14,16H,3-13,15H2,1-2H3. The largest absolute Gasteiger partial charge is 0.329 e. The van der Waals surface area contributed by atoms with Gasteiger partial charge < -0.3 is 10.6 Å². The maximum Gasteiger partial charge on any atom is 0.0337 e. The van der Waals surface area contributed by atoms with Crippen molar-refractivity contribution < 1.29 is 0 Å². The van der Waals surface area contributed by atoms with Gasteiger partial charge in [0.05, 0.1) is 0 Å². The molecule has 0 aromatic rings. The van der Waals surface area contributed by atoms with Crippen molar-refractivity contribution in [3.8, 4) is 0 Å². The van der Waals surface area contributed by atoms with Crippen LogP contribution in [-0.4, -0.2) is 55.7 Å².